The fraction of sp³-hybridized carbons (Fsp3) is 0.619. The summed E-state index contributed by atoms with van der Waals surface area (Å²) in [7, 11) is 1.64. The zero-order valence-electron chi connectivity index (χ0n) is 15.1. The smallest absolute Gasteiger partial charge is 0.120 e. The van der Waals surface area contributed by atoms with Crippen molar-refractivity contribution in [3.63, 3.8) is 0 Å². The third-order valence-electron chi connectivity index (χ3n) is 4.17. The maximum absolute atomic E-state index is 5.82. The summed E-state index contributed by atoms with van der Waals surface area (Å²) in [4.78, 5) is 0. The van der Waals surface area contributed by atoms with Crippen molar-refractivity contribution in [1.29, 1.82) is 0 Å². The average molecular weight is 319 g/mol. The van der Waals surface area contributed by atoms with Gasteiger partial charge in [0.2, 0.25) is 0 Å². The lowest BCUT2D eigenvalue weighted by Gasteiger charge is -2.09. The van der Waals surface area contributed by atoms with Crippen molar-refractivity contribution in [2.24, 2.45) is 0 Å². The zero-order chi connectivity index (χ0) is 16.8. The van der Waals surface area contributed by atoms with Gasteiger partial charge in [0, 0.05) is 5.56 Å². The highest BCUT2D eigenvalue weighted by Crippen LogP contribution is 2.19. The number of benzene rings is 1. The van der Waals surface area contributed by atoms with E-state index >= 15 is 0 Å². The zero-order valence-corrected chi connectivity index (χ0v) is 15.1. The molecule has 23 heavy (non-hydrogen) atoms. The van der Waals surface area contributed by atoms with Gasteiger partial charge < -0.3 is 9.47 Å². The van der Waals surface area contributed by atoms with Crippen LogP contribution in [0.15, 0.2) is 30.8 Å². The Morgan fingerprint density at radius 2 is 1.52 bits per heavy atom. The Kier molecular flexibility index (Phi) is 11.1. The summed E-state index contributed by atoms with van der Waals surface area (Å²) < 4.78 is 11.0. The Balaban J connectivity index is 2.02. The summed E-state index contributed by atoms with van der Waals surface area (Å²) in [5.41, 5.74) is 0.980. The maximum atomic E-state index is 5.82. The predicted molar refractivity (Wildman–Crippen MR) is 99.8 cm³/mol. The first kappa shape index (κ1) is 19.6. The van der Waals surface area contributed by atoms with Gasteiger partial charge in [-0.3, -0.25) is 0 Å². The molecule has 0 saturated carbocycles. The molecule has 0 aliphatic heterocycles. The Hall–Kier alpha value is -1.44. The van der Waals surface area contributed by atoms with Crippen LogP contribution in [0.25, 0.3) is 5.76 Å². The van der Waals surface area contributed by atoms with E-state index < -0.39 is 0 Å². The summed E-state index contributed by atoms with van der Waals surface area (Å²) in [6.07, 6.45) is 13.5. The molecule has 0 aliphatic rings. The van der Waals surface area contributed by atoms with Gasteiger partial charge >= 0.3 is 0 Å². The Morgan fingerprint density at radius 1 is 0.913 bits per heavy atom. The van der Waals surface area contributed by atoms with E-state index in [1.807, 2.05) is 24.3 Å². The molecule has 0 amide bonds. The van der Waals surface area contributed by atoms with E-state index in [1.165, 1.54) is 57.8 Å². The van der Waals surface area contributed by atoms with Crippen molar-refractivity contribution in [3.05, 3.63) is 36.4 Å². The molecule has 0 atom stereocenters. The van der Waals surface area contributed by atoms with Crippen molar-refractivity contribution >= 4 is 5.76 Å². The van der Waals surface area contributed by atoms with Crippen LogP contribution in [0.4, 0.5) is 0 Å². The van der Waals surface area contributed by atoms with Crippen LogP contribution in [0.3, 0.4) is 0 Å². The van der Waals surface area contributed by atoms with E-state index in [2.05, 4.69) is 13.5 Å². The minimum Gasteiger partial charge on any atom is -0.497 e. The third kappa shape index (κ3) is 9.32. The van der Waals surface area contributed by atoms with E-state index in [9.17, 15) is 0 Å². The van der Waals surface area contributed by atoms with Gasteiger partial charge in [-0.15, -0.1) is 0 Å². The van der Waals surface area contributed by atoms with Crippen molar-refractivity contribution in [1.82, 2.24) is 0 Å². The number of hydrogen-bond donors (Lipinski definition) is 0. The van der Waals surface area contributed by atoms with Crippen LogP contribution in [0.1, 0.15) is 76.7 Å². The quantitative estimate of drug-likeness (QED) is 0.284. The summed E-state index contributed by atoms with van der Waals surface area (Å²) >= 11 is 0. The first-order chi connectivity index (χ1) is 11.3. The summed E-state index contributed by atoms with van der Waals surface area (Å²) in [6, 6.07) is 7.94. The molecular weight excluding hydrogens is 284 g/mol. The standard InChI is InChI=1S/C21H34O2/c1-4-5-6-7-8-9-10-11-12-13-17-23-21-16-14-15-20(18-21)19(2)22-3/h14-16,18H,2,4-13,17H2,1,3H3. The predicted octanol–water partition coefficient (Wildman–Crippen LogP) is 6.60. The maximum Gasteiger partial charge on any atom is 0.120 e. The molecule has 0 saturated heterocycles. The van der Waals surface area contributed by atoms with Gasteiger partial charge in [0.05, 0.1) is 13.7 Å². The van der Waals surface area contributed by atoms with Crippen LogP contribution < -0.4 is 4.74 Å². The molecular formula is C21H34O2. The molecule has 0 heterocycles. The molecule has 0 aromatic heterocycles. The molecule has 0 N–H and O–H groups in total. The molecule has 1 rings (SSSR count). The molecule has 0 fully saturated rings. The normalized spacial score (nSPS) is 10.5. The third-order valence-corrected chi connectivity index (χ3v) is 4.17. The lowest BCUT2D eigenvalue weighted by molar-refractivity contribution is 0.303. The van der Waals surface area contributed by atoms with E-state index in [-0.39, 0.29) is 0 Å². The second-order valence-corrected chi connectivity index (χ2v) is 6.19. The van der Waals surface area contributed by atoms with E-state index in [4.69, 9.17) is 9.47 Å². The molecule has 1 aromatic rings. The first-order valence-corrected chi connectivity index (χ1v) is 9.24. The molecule has 130 valence electrons. The second kappa shape index (κ2) is 13.0. The molecule has 0 bridgehead atoms. The van der Waals surface area contributed by atoms with Crippen LogP contribution in [0.2, 0.25) is 0 Å². The molecule has 0 spiro atoms. The summed E-state index contributed by atoms with van der Waals surface area (Å²) in [5.74, 6) is 1.58. The topological polar surface area (TPSA) is 18.5 Å². The Bertz CT molecular complexity index is 426. The van der Waals surface area contributed by atoms with Crippen molar-refractivity contribution in [2.75, 3.05) is 13.7 Å². The number of methoxy groups -OCH3 is 1. The van der Waals surface area contributed by atoms with Crippen LogP contribution >= 0.6 is 0 Å². The molecule has 2 nitrogen and oxygen atoms in total. The summed E-state index contributed by atoms with van der Waals surface area (Å²) in [5, 5.41) is 0. The van der Waals surface area contributed by atoms with Gasteiger partial charge in [-0.05, 0) is 18.6 Å². The summed E-state index contributed by atoms with van der Waals surface area (Å²) in [6.45, 7) is 6.93. The monoisotopic (exact) mass is 318 g/mol. The van der Waals surface area contributed by atoms with E-state index in [0.717, 1.165) is 24.3 Å². The van der Waals surface area contributed by atoms with Crippen molar-refractivity contribution < 1.29 is 9.47 Å². The highest BCUT2D eigenvalue weighted by Gasteiger charge is 2.01. The molecule has 2 heteroatoms. The number of unbranched alkanes of at least 4 members (excludes halogenated alkanes) is 9. The number of ether oxygens (including phenoxy) is 2. The minimum atomic E-state index is 0.675. The highest BCUT2D eigenvalue weighted by molar-refractivity contribution is 5.58. The largest absolute Gasteiger partial charge is 0.497 e. The van der Waals surface area contributed by atoms with Gasteiger partial charge in [-0.2, -0.15) is 0 Å². The van der Waals surface area contributed by atoms with Gasteiger partial charge in [-0.25, -0.2) is 0 Å². The molecule has 0 unspecified atom stereocenters. The Morgan fingerprint density at radius 3 is 2.13 bits per heavy atom. The lowest BCUT2D eigenvalue weighted by Crippen LogP contribution is -1.98. The van der Waals surface area contributed by atoms with Gasteiger partial charge in [0.15, 0.2) is 0 Å². The van der Waals surface area contributed by atoms with Crippen LogP contribution in [0.5, 0.6) is 5.75 Å². The molecule has 0 aliphatic carbocycles. The first-order valence-electron chi connectivity index (χ1n) is 9.24. The van der Waals surface area contributed by atoms with E-state index in [1.54, 1.807) is 7.11 Å². The van der Waals surface area contributed by atoms with Gasteiger partial charge in [0.1, 0.15) is 11.5 Å². The fourth-order valence-electron chi connectivity index (χ4n) is 2.66. The van der Waals surface area contributed by atoms with Gasteiger partial charge in [-0.1, -0.05) is 83.4 Å². The minimum absolute atomic E-state index is 0.675. The number of rotatable bonds is 14. The van der Waals surface area contributed by atoms with Crippen LogP contribution in [-0.4, -0.2) is 13.7 Å². The second-order valence-electron chi connectivity index (χ2n) is 6.19. The number of hydrogen-bond acceptors (Lipinski definition) is 2. The highest BCUT2D eigenvalue weighted by atomic mass is 16.5. The lowest BCUT2D eigenvalue weighted by atomic mass is 10.1. The SMILES string of the molecule is C=C(OC)c1cccc(OCCCCCCCCCCCC)c1. The van der Waals surface area contributed by atoms with Gasteiger partial charge in [0.25, 0.3) is 0 Å². The van der Waals surface area contributed by atoms with Crippen molar-refractivity contribution in [2.45, 2.75) is 71.1 Å². The van der Waals surface area contributed by atoms with Crippen LogP contribution in [0, 0.1) is 0 Å². The van der Waals surface area contributed by atoms with E-state index in [0.29, 0.717) is 5.76 Å². The molecule has 0 radical (unpaired) electrons. The Labute approximate surface area is 142 Å². The van der Waals surface area contributed by atoms with Crippen molar-refractivity contribution in [3.8, 4) is 5.75 Å². The fourth-order valence-corrected chi connectivity index (χ4v) is 2.66. The average Bonchev–Trinajstić information content (AvgIpc) is 2.59. The molecule has 1 aromatic carbocycles. The van der Waals surface area contributed by atoms with Crippen LogP contribution in [-0.2, 0) is 4.74 Å².